The molecule has 4 nitrogen and oxygen atoms in total. The molecule has 1 aliphatic rings. The van der Waals surface area contributed by atoms with E-state index in [1.807, 2.05) is 36.4 Å². The Hall–Kier alpha value is -1.85. The second kappa shape index (κ2) is 6.50. The van der Waals surface area contributed by atoms with Gasteiger partial charge in [-0.25, -0.2) is 9.79 Å². The molecule has 1 aliphatic heterocycles. The van der Waals surface area contributed by atoms with Crippen LogP contribution in [-0.4, -0.2) is 17.9 Å². The van der Waals surface area contributed by atoms with E-state index >= 15 is 0 Å². The van der Waals surface area contributed by atoms with E-state index in [1.165, 1.54) is 11.3 Å². The highest BCUT2D eigenvalue weighted by Crippen LogP contribution is 2.36. The molecule has 1 aromatic carbocycles. The largest absolute Gasteiger partial charge is 0.469 e. The first-order valence-corrected chi connectivity index (χ1v) is 8.00. The van der Waals surface area contributed by atoms with E-state index in [0.29, 0.717) is 10.2 Å². The van der Waals surface area contributed by atoms with Crippen LogP contribution in [0.4, 0.5) is 0 Å². The predicted molar refractivity (Wildman–Crippen MR) is 86.3 cm³/mol. The lowest BCUT2D eigenvalue weighted by molar-refractivity contribution is -0.148. The van der Waals surface area contributed by atoms with Crippen molar-refractivity contribution in [2.45, 2.75) is 25.7 Å². The van der Waals surface area contributed by atoms with Crippen LogP contribution in [0.3, 0.4) is 0 Å². The molecule has 22 heavy (non-hydrogen) atoms. The zero-order chi connectivity index (χ0) is 15.5. The molecule has 2 heterocycles. The average molecular weight is 336 g/mol. The molecule has 1 aromatic heterocycles. The molecular formula is C16H14ClNO3S. The van der Waals surface area contributed by atoms with Gasteiger partial charge in [0.25, 0.3) is 0 Å². The van der Waals surface area contributed by atoms with Gasteiger partial charge < -0.3 is 9.47 Å². The third-order valence-corrected chi connectivity index (χ3v) is 4.54. The molecule has 0 spiro atoms. The first-order valence-electron chi connectivity index (χ1n) is 6.80. The van der Waals surface area contributed by atoms with Gasteiger partial charge in [0.1, 0.15) is 6.61 Å². The molecule has 6 heteroatoms. The maximum Gasteiger partial charge on any atom is 0.335 e. The molecule has 0 amide bonds. The van der Waals surface area contributed by atoms with Crippen LogP contribution in [0.25, 0.3) is 0 Å². The third kappa shape index (κ3) is 3.31. The van der Waals surface area contributed by atoms with Gasteiger partial charge >= 0.3 is 5.97 Å². The highest BCUT2D eigenvalue weighted by atomic mass is 35.5. The van der Waals surface area contributed by atoms with Crippen LogP contribution in [-0.2, 0) is 20.9 Å². The fourth-order valence-electron chi connectivity index (χ4n) is 2.23. The zero-order valence-electron chi connectivity index (χ0n) is 11.9. The number of benzene rings is 1. The van der Waals surface area contributed by atoms with Gasteiger partial charge in [-0.15, -0.1) is 11.3 Å². The summed E-state index contributed by atoms with van der Waals surface area (Å²) in [5.74, 6) is 0.0893. The lowest BCUT2D eigenvalue weighted by Gasteiger charge is -2.15. The second-order valence-electron chi connectivity index (χ2n) is 4.87. The van der Waals surface area contributed by atoms with Crippen molar-refractivity contribution in [1.82, 2.24) is 0 Å². The molecule has 0 saturated carbocycles. The molecular weight excluding hydrogens is 322 g/mol. The van der Waals surface area contributed by atoms with E-state index in [2.05, 4.69) is 4.99 Å². The lowest BCUT2D eigenvalue weighted by Crippen LogP contribution is -2.25. The van der Waals surface area contributed by atoms with Crippen molar-refractivity contribution in [2.24, 2.45) is 4.99 Å². The molecule has 0 radical (unpaired) electrons. The number of thiophene rings is 1. The summed E-state index contributed by atoms with van der Waals surface area (Å²) in [6.45, 7) is 1.95. The summed E-state index contributed by atoms with van der Waals surface area (Å²) in [5.41, 5.74) is 0.936. The van der Waals surface area contributed by atoms with Gasteiger partial charge in [-0.3, -0.25) is 0 Å². The molecule has 2 atom stereocenters. The number of esters is 1. The second-order valence-corrected chi connectivity index (χ2v) is 6.61. The van der Waals surface area contributed by atoms with E-state index in [-0.39, 0.29) is 6.61 Å². The van der Waals surface area contributed by atoms with Crippen LogP contribution in [0.15, 0.2) is 47.5 Å². The van der Waals surface area contributed by atoms with Gasteiger partial charge in [0.05, 0.1) is 4.34 Å². The third-order valence-electron chi connectivity index (χ3n) is 3.24. The Morgan fingerprint density at radius 1 is 1.32 bits per heavy atom. The van der Waals surface area contributed by atoms with Crippen molar-refractivity contribution in [1.29, 1.82) is 0 Å². The van der Waals surface area contributed by atoms with Crippen molar-refractivity contribution in [3.05, 3.63) is 57.2 Å². The number of halogens is 1. The molecule has 2 unspecified atom stereocenters. The van der Waals surface area contributed by atoms with Crippen LogP contribution < -0.4 is 0 Å². The number of hydrogen-bond donors (Lipinski definition) is 0. The van der Waals surface area contributed by atoms with E-state index in [0.717, 1.165) is 10.4 Å². The van der Waals surface area contributed by atoms with Gasteiger partial charge in [0.15, 0.2) is 18.0 Å². The molecule has 0 aliphatic carbocycles. The van der Waals surface area contributed by atoms with E-state index < -0.39 is 18.1 Å². The Labute approximate surface area is 137 Å². The Kier molecular flexibility index (Phi) is 4.45. The monoisotopic (exact) mass is 335 g/mol. The van der Waals surface area contributed by atoms with Crippen molar-refractivity contribution in [3.63, 3.8) is 0 Å². The van der Waals surface area contributed by atoms with Crippen molar-refractivity contribution >= 4 is 34.8 Å². The topological polar surface area (TPSA) is 47.9 Å². The van der Waals surface area contributed by atoms with Gasteiger partial charge in [0.2, 0.25) is 0 Å². The molecule has 2 aromatic rings. The van der Waals surface area contributed by atoms with Crippen LogP contribution in [0.5, 0.6) is 0 Å². The fourth-order valence-corrected chi connectivity index (χ4v) is 3.35. The quantitative estimate of drug-likeness (QED) is 0.793. The zero-order valence-corrected chi connectivity index (χ0v) is 13.4. The van der Waals surface area contributed by atoms with E-state index in [1.54, 1.807) is 13.0 Å². The number of nitrogens with zero attached hydrogens (tertiary/aromatic N) is 1. The molecule has 0 N–H and O–H groups in total. The maximum atomic E-state index is 12.3. The van der Waals surface area contributed by atoms with Crippen LogP contribution in [0.1, 0.15) is 23.5 Å². The number of ether oxygens (including phenoxy) is 2. The molecule has 3 rings (SSSR count). The van der Waals surface area contributed by atoms with Gasteiger partial charge in [-0.05, 0) is 17.7 Å². The Bertz CT molecular complexity index is 698. The van der Waals surface area contributed by atoms with Gasteiger partial charge in [0, 0.05) is 11.8 Å². The lowest BCUT2D eigenvalue weighted by atomic mass is 10.1. The first-order chi connectivity index (χ1) is 10.6. The summed E-state index contributed by atoms with van der Waals surface area (Å²) in [6, 6.07) is 12.5. The molecule has 114 valence electrons. The molecule has 0 fully saturated rings. The summed E-state index contributed by atoms with van der Waals surface area (Å²) in [5, 5.41) is 0. The van der Waals surface area contributed by atoms with Crippen molar-refractivity contribution < 1.29 is 14.3 Å². The summed E-state index contributed by atoms with van der Waals surface area (Å²) in [7, 11) is 0. The highest BCUT2D eigenvalue weighted by molar-refractivity contribution is 7.16. The van der Waals surface area contributed by atoms with Crippen LogP contribution in [0, 0.1) is 0 Å². The minimum Gasteiger partial charge on any atom is -0.469 e. The van der Waals surface area contributed by atoms with Gasteiger partial charge in [-0.1, -0.05) is 41.9 Å². The number of hydrogen-bond acceptors (Lipinski definition) is 5. The Morgan fingerprint density at radius 3 is 2.77 bits per heavy atom. The summed E-state index contributed by atoms with van der Waals surface area (Å²) in [6.07, 6.45) is -0.458. The number of carbonyl (C=O) groups is 1. The number of aliphatic imine (C=N–C) groups is 1. The van der Waals surface area contributed by atoms with Crippen LogP contribution >= 0.6 is 22.9 Å². The van der Waals surface area contributed by atoms with E-state index in [9.17, 15) is 4.79 Å². The highest BCUT2D eigenvalue weighted by Gasteiger charge is 2.38. The Morgan fingerprint density at radius 2 is 2.09 bits per heavy atom. The summed E-state index contributed by atoms with van der Waals surface area (Å²) < 4.78 is 11.7. The summed E-state index contributed by atoms with van der Waals surface area (Å²) in [4.78, 5) is 17.4. The van der Waals surface area contributed by atoms with E-state index in [4.69, 9.17) is 21.1 Å². The predicted octanol–water partition coefficient (Wildman–Crippen LogP) is 4.00. The molecule has 0 saturated heterocycles. The van der Waals surface area contributed by atoms with Crippen molar-refractivity contribution in [3.8, 4) is 0 Å². The standard InChI is InChI=1S/C16H14ClNO3S/c1-10-18-14(15(21-10)12-7-8-13(17)22-12)16(19)20-9-11-5-3-2-4-6-11/h2-8,14-15H,9H2,1H3. The number of rotatable bonds is 4. The molecule has 0 bridgehead atoms. The smallest absolute Gasteiger partial charge is 0.335 e. The normalized spacial score (nSPS) is 20.4. The van der Waals surface area contributed by atoms with Gasteiger partial charge in [-0.2, -0.15) is 0 Å². The number of carbonyl (C=O) groups excluding carboxylic acids is 1. The first kappa shape index (κ1) is 15.1. The van der Waals surface area contributed by atoms with Crippen molar-refractivity contribution in [2.75, 3.05) is 0 Å². The minimum absolute atomic E-state index is 0.225. The fraction of sp³-hybridized carbons (Fsp3) is 0.250. The maximum absolute atomic E-state index is 12.3. The van der Waals surface area contributed by atoms with Crippen LogP contribution in [0.2, 0.25) is 4.34 Å². The summed E-state index contributed by atoms with van der Waals surface area (Å²) >= 11 is 7.34. The Balaban J connectivity index is 1.69. The average Bonchev–Trinajstić information content (AvgIpc) is 3.11. The minimum atomic E-state index is -0.682. The SMILES string of the molecule is CC1=NC(C(=O)OCc2ccccc2)C(c2ccc(Cl)s2)O1.